The summed E-state index contributed by atoms with van der Waals surface area (Å²) < 4.78 is 12.7. The molecule has 2 aromatic rings. The van der Waals surface area contributed by atoms with E-state index in [0.29, 0.717) is 43.3 Å². The fourth-order valence-corrected chi connectivity index (χ4v) is 2.56. The monoisotopic (exact) mass is 364 g/mol. The van der Waals surface area contributed by atoms with Gasteiger partial charge in [-0.25, -0.2) is 0 Å². The first-order valence-corrected chi connectivity index (χ1v) is 8.70. The molecular formula is C17H24N4O3S. The molecular weight excluding hydrogens is 340 g/mol. The maximum atomic E-state index is 12.0. The summed E-state index contributed by atoms with van der Waals surface area (Å²) >= 11 is 5.28. The molecule has 0 saturated heterocycles. The highest BCUT2D eigenvalue weighted by atomic mass is 32.1. The maximum absolute atomic E-state index is 12.0. The Kier molecular flexibility index (Phi) is 7.62. The number of aromatic nitrogens is 3. The van der Waals surface area contributed by atoms with E-state index in [1.165, 1.54) is 0 Å². The van der Waals surface area contributed by atoms with Gasteiger partial charge in [0.25, 0.3) is 0 Å². The number of ether oxygens (including phenoxy) is 2. The first kappa shape index (κ1) is 19.1. The van der Waals surface area contributed by atoms with E-state index in [2.05, 4.69) is 15.5 Å². The minimum Gasteiger partial charge on any atom is -0.497 e. The van der Waals surface area contributed by atoms with Crippen LogP contribution in [0.3, 0.4) is 0 Å². The molecule has 0 aliphatic rings. The van der Waals surface area contributed by atoms with Gasteiger partial charge in [-0.3, -0.25) is 14.5 Å². The third-order valence-electron chi connectivity index (χ3n) is 3.66. The zero-order chi connectivity index (χ0) is 18.1. The number of aromatic amines is 1. The molecule has 2 N–H and O–H groups in total. The lowest BCUT2D eigenvalue weighted by atomic mass is 10.2. The minimum absolute atomic E-state index is 0.0136. The van der Waals surface area contributed by atoms with Crippen LogP contribution in [0.25, 0.3) is 11.4 Å². The molecule has 136 valence electrons. The highest BCUT2D eigenvalue weighted by molar-refractivity contribution is 7.71. The molecule has 0 spiro atoms. The molecule has 1 amide bonds. The Hall–Kier alpha value is -2.19. The van der Waals surface area contributed by atoms with E-state index in [1.54, 1.807) is 7.11 Å². The molecule has 0 atom stereocenters. The third-order valence-corrected chi connectivity index (χ3v) is 3.97. The summed E-state index contributed by atoms with van der Waals surface area (Å²) in [5.41, 5.74) is 0.908. The Morgan fingerprint density at radius 2 is 2.12 bits per heavy atom. The van der Waals surface area contributed by atoms with Crippen molar-refractivity contribution in [2.75, 3.05) is 26.9 Å². The number of methoxy groups -OCH3 is 1. The molecule has 25 heavy (non-hydrogen) atoms. The Balaban J connectivity index is 1.92. The van der Waals surface area contributed by atoms with Crippen molar-refractivity contribution in [1.29, 1.82) is 0 Å². The number of hydrogen-bond donors (Lipinski definition) is 2. The van der Waals surface area contributed by atoms with Crippen LogP contribution < -0.4 is 10.1 Å². The van der Waals surface area contributed by atoms with Crippen LogP contribution >= 0.6 is 12.2 Å². The molecule has 0 fully saturated rings. The second kappa shape index (κ2) is 9.95. The van der Waals surface area contributed by atoms with Crippen LogP contribution in [0.5, 0.6) is 5.75 Å². The lowest BCUT2D eigenvalue weighted by Crippen LogP contribution is -2.26. The van der Waals surface area contributed by atoms with Gasteiger partial charge in [-0.2, -0.15) is 5.10 Å². The SMILES string of the molecule is CCOCCCNC(=O)CCn1c(-c2ccc(OC)cc2)n[nH]c1=S. The van der Waals surface area contributed by atoms with Crippen LogP contribution in [0.1, 0.15) is 19.8 Å². The summed E-state index contributed by atoms with van der Waals surface area (Å²) in [5, 5.41) is 9.95. The summed E-state index contributed by atoms with van der Waals surface area (Å²) in [7, 11) is 1.62. The smallest absolute Gasteiger partial charge is 0.221 e. The van der Waals surface area contributed by atoms with Crippen molar-refractivity contribution in [2.45, 2.75) is 26.3 Å². The van der Waals surface area contributed by atoms with Crippen molar-refractivity contribution < 1.29 is 14.3 Å². The van der Waals surface area contributed by atoms with Gasteiger partial charge in [0.15, 0.2) is 10.6 Å². The van der Waals surface area contributed by atoms with Gasteiger partial charge in [-0.15, -0.1) is 0 Å². The first-order valence-electron chi connectivity index (χ1n) is 8.29. The highest BCUT2D eigenvalue weighted by Gasteiger charge is 2.10. The number of benzene rings is 1. The Bertz CT molecular complexity index is 724. The number of nitrogens with one attached hydrogen (secondary N) is 2. The minimum atomic E-state index is -0.0136. The van der Waals surface area contributed by atoms with E-state index < -0.39 is 0 Å². The Morgan fingerprint density at radius 3 is 2.80 bits per heavy atom. The molecule has 7 nitrogen and oxygen atoms in total. The second-order valence-electron chi connectivity index (χ2n) is 5.38. The van der Waals surface area contributed by atoms with Gasteiger partial charge >= 0.3 is 0 Å². The average Bonchev–Trinajstić information content (AvgIpc) is 3.00. The highest BCUT2D eigenvalue weighted by Crippen LogP contribution is 2.21. The molecule has 0 saturated carbocycles. The van der Waals surface area contributed by atoms with Crippen LogP contribution in [0, 0.1) is 4.77 Å². The van der Waals surface area contributed by atoms with Gasteiger partial charge in [0, 0.05) is 38.3 Å². The predicted molar refractivity (Wildman–Crippen MR) is 98.1 cm³/mol. The molecule has 1 heterocycles. The molecule has 2 rings (SSSR count). The van der Waals surface area contributed by atoms with E-state index in [9.17, 15) is 4.79 Å². The normalized spacial score (nSPS) is 10.6. The van der Waals surface area contributed by atoms with Crippen molar-refractivity contribution in [3.05, 3.63) is 29.0 Å². The fraction of sp³-hybridized carbons (Fsp3) is 0.471. The number of amides is 1. The predicted octanol–water partition coefficient (Wildman–Crippen LogP) is 2.55. The van der Waals surface area contributed by atoms with Gasteiger partial charge in [-0.05, 0) is 49.8 Å². The second-order valence-corrected chi connectivity index (χ2v) is 5.77. The zero-order valence-electron chi connectivity index (χ0n) is 14.6. The average molecular weight is 364 g/mol. The first-order chi connectivity index (χ1) is 12.2. The van der Waals surface area contributed by atoms with Crippen molar-refractivity contribution in [2.24, 2.45) is 0 Å². The summed E-state index contributed by atoms with van der Waals surface area (Å²) in [6.07, 6.45) is 1.15. The number of H-pyrrole nitrogens is 1. The molecule has 0 aliphatic carbocycles. The molecule has 1 aromatic carbocycles. The Morgan fingerprint density at radius 1 is 1.36 bits per heavy atom. The topological polar surface area (TPSA) is 81.2 Å². The van der Waals surface area contributed by atoms with Gasteiger partial charge in [-0.1, -0.05) is 0 Å². The largest absolute Gasteiger partial charge is 0.497 e. The lowest BCUT2D eigenvalue weighted by molar-refractivity contribution is -0.121. The molecule has 0 aliphatic heterocycles. The Labute approximate surface area is 152 Å². The van der Waals surface area contributed by atoms with Crippen LogP contribution in [0.2, 0.25) is 0 Å². The summed E-state index contributed by atoms with van der Waals surface area (Å²) in [6, 6.07) is 7.55. The standard InChI is InChI=1S/C17H24N4O3S/c1-3-24-12-4-10-18-15(22)9-11-21-16(19-20-17(21)25)13-5-7-14(23-2)8-6-13/h5-8H,3-4,9-12H2,1-2H3,(H,18,22)(H,20,25). The molecule has 0 bridgehead atoms. The van der Waals surface area contributed by atoms with Gasteiger partial charge < -0.3 is 14.8 Å². The number of hydrogen-bond acceptors (Lipinski definition) is 5. The van der Waals surface area contributed by atoms with E-state index in [4.69, 9.17) is 21.7 Å². The van der Waals surface area contributed by atoms with Crippen LogP contribution in [-0.2, 0) is 16.1 Å². The molecule has 8 heteroatoms. The van der Waals surface area contributed by atoms with Gasteiger partial charge in [0.1, 0.15) is 5.75 Å². The van der Waals surface area contributed by atoms with Crippen molar-refractivity contribution in [3.63, 3.8) is 0 Å². The van der Waals surface area contributed by atoms with Gasteiger partial charge in [0.2, 0.25) is 5.91 Å². The van der Waals surface area contributed by atoms with Crippen LogP contribution in [0.15, 0.2) is 24.3 Å². The van der Waals surface area contributed by atoms with Crippen LogP contribution in [-0.4, -0.2) is 47.5 Å². The van der Waals surface area contributed by atoms with E-state index in [-0.39, 0.29) is 5.91 Å². The van der Waals surface area contributed by atoms with Gasteiger partial charge in [0.05, 0.1) is 7.11 Å². The van der Waals surface area contributed by atoms with Crippen LogP contribution in [0.4, 0.5) is 0 Å². The lowest BCUT2D eigenvalue weighted by Gasteiger charge is -2.08. The van der Waals surface area contributed by atoms with Crippen molar-refractivity contribution >= 4 is 18.1 Å². The number of nitrogens with zero attached hydrogens (tertiary/aromatic N) is 2. The number of carbonyl (C=O) groups excluding carboxylic acids is 1. The maximum Gasteiger partial charge on any atom is 0.221 e. The quantitative estimate of drug-likeness (QED) is 0.500. The number of rotatable bonds is 10. The third kappa shape index (κ3) is 5.68. The van der Waals surface area contributed by atoms with E-state index in [1.807, 2.05) is 35.8 Å². The van der Waals surface area contributed by atoms with E-state index >= 15 is 0 Å². The zero-order valence-corrected chi connectivity index (χ0v) is 15.4. The van der Waals surface area contributed by atoms with E-state index in [0.717, 1.165) is 17.7 Å². The summed E-state index contributed by atoms with van der Waals surface area (Å²) in [5.74, 6) is 1.47. The fourth-order valence-electron chi connectivity index (χ4n) is 2.33. The van der Waals surface area contributed by atoms with Crippen molar-refractivity contribution in [3.8, 4) is 17.1 Å². The van der Waals surface area contributed by atoms with Crippen molar-refractivity contribution in [1.82, 2.24) is 20.1 Å². The molecule has 1 aromatic heterocycles. The molecule has 0 radical (unpaired) electrons. The summed E-state index contributed by atoms with van der Waals surface area (Å²) in [6.45, 7) is 4.38. The number of carbonyl (C=O) groups is 1. The molecule has 0 unspecified atom stereocenters. The summed E-state index contributed by atoms with van der Waals surface area (Å²) in [4.78, 5) is 12.0.